The van der Waals surface area contributed by atoms with Crippen LogP contribution in [0.5, 0.6) is 0 Å². The van der Waals surface area contributed by atoms with Crippen LogP contribution < -0.4 is 5.32 Å². The van der Waals surface area contributed by atoms with Crippen molar-refractivity contribution in [3.05, 3.63) is 71.7 Å². The number of amides is 1. The first-order chi connectivity index (χ1) is 12.1. The standard InChI is InChI=1S/C21H23FN2O/c1-3-12-23-21(25)13-18(15-8-10-16(22)11-9-15)19-14-24(2)20-7-5-4-6-17(19)20/h4-11,14,18H,3,12-13H2,1-2H3,(H,23,25). The monoisotopic (exact) mass is 338 g/mol. The van der Waals surface area contributed by atoms with Gasteiger partial charge in [0.05, 0.1) is 0 Å². The average Bonchev–Trinajstić information content (AvgIpc) is 2.96. The molecule has 1 unspecified atom stereocenters. The Bertz CT molecular complexity index is 867. The summed E-state index contributed by atoms with van der Waals surface area (Å²) >= 11 is 0. The van der Waals surface area contributed by atoms with Crippen LogP contribution in [0.3, 0.4) is 0 Å². The molecule has 2 aromatic carbocycles. The van der Waals surface area contributed by atoms with Crippen LogP contribution in [0.1, 0.15) is 36.8 Å². The molecule has 0 aliphatic heterocycles. The number of nitrogens with one attached hydrogen (secondary N) is 1. The summed E-state index contributed by atoms with van der Waals surface area (Å²) < 4.78 is 15.4. The lowest BCUT2D eigenvalue weighted by Gasteiger charge is -2.17. The highest BCUT2D eigenvalue weighted by molar-refractivity contribution is 5.86. The van der Waals surface area contributed by atoms with Crippen LogP contribution in [0.25, 0.3) is 10.9 Å². The molecule has 1 aromatic heterocycles. The maximum Gasteiger partial charge on any atom is 0.220 e. The van der Waals surface area contributed by atoms with Crippen molar-refractivity contribution in [2.45, 2.75) is 25.7 Å². The molecule has 130 valence electrons. The second-order valence-corrected chi connectivity index (χ2v) is 6.37. The van der Waals surface area contributed by atoms with Gasteiger partial charge in [0.25, 0.3) is 0 Å². The largest absolute Gasteiger partial charge is 0.356 e. The highest BCUT2D eigenvalue weighted by Gasteiger charge is 2.22. The molecule has 0 radical (unpaired) electrons. The van der Waals surface area contributed by atoms with E-state index in [1.54, 1.807) is 12.1 Å². The van der Waals surface area contributed by atoms with Gasteiger partial charge in [-0.1, -0.05) is 37.3 Å². The number of carbonyl (C=O) groups excluding carboxylic acids is 1. The Morgan fingerprint density at radius 3 is 2.60 bits per heavy atom. The summed E-state index contributed by atoms with van der Waals surface area (Å²) in [6.45, 7) is 2.70. The second kappa shape index (κ2) is 7.51. The van der Waals surface area contributed by atoms with Crippen molar-refractivity contribution >= 4 is 16.8 Å². The van der Waals surface area contributed by atoms with Crippen molar-refractivity contribution in [1.82, 2.24) is 9.88 Å². The van der Waals surface area contributed by atoms with Gasteiger partial charge in [-0.3, -0.25) is 4.79 Å². The molecule has 4 heteroatoms. The molecule has 0 aliphatic rings. The fraction of sp³-hybridized carbons (Fsp3) is 0.286. The van der Waals surface area contributed by atoms with Crippen LogP contribution in [0.4, 0.5) is 4.39 Å². The number of aryl methyl sites for hydroxylation is 1. The van der Waals surface area contributed by atoms with E-state index in [-0.39, 0.29) is 17.6 Å². The first kappa shape index (κ1) is 17.2. The zero-order valence-electron chi connectivity index (χ0n) is 14.6. The van der Waals surface area contributed by atoms with E-state index >= 15 is 0 Å². The summed E-state index contributed by atoms with van der Waals surface area (Å²) in [5, 5.41) is 4.08. The summed E-state index contributed by atoms with van der Waals surface area (Å²) in [6.07, 6.45) is 3.33. The Morgan fingerprint density at radius 2 is 1.88 bits per heavy atom. The molecule has 0 spiro atoms. The molecule has 1 heterocycles. The Balaban J connectivity index is 2.03. The molecule has 25 heavy (non-hydrogen) atoms. The molecule has 3 nitrogen and oxygen atoms in total. The first-order valence-electron chi connectivity index (χ1n) is 8.66. The summed E-state index contributed by atoms with van der Waals surface area (Å²) in [7, 11) is 2.00. The lowest BCUT2D eigenvalue weighted by molar-refractivity contribution is -0.121. The number of fused-ring (bicyclic) bond motifs is 1. The quantitative estimate of drug-likeness (QED) is 0.712. The number of para-hydroxylation sites is 1. The van der Waals surface area contributed by atoms with E-state index in [0.29, 0.717) is 13.0 Å². The van der Waals surface area contributed by atoms with Crippen molar-refractivity contribution in [2.75, 3.05) is 6.54 Å². The van der Waals surface area contributed by atoms with E-state index in [4.69, 9.17) is 0 Å². The summed E-state index contributed by atoms with van der Waals surface area (Å²) in [5.41, 5.74) is 3.17. The third kappa shape index (κ3) is 3.73. The Labute approximate surface area is 147 Å². The van der Waals surface area contributed by atoms with E-state index in [1.807, 2.05) is 26.1 Å². The minimum atomic E-state index is -0.268. The van der Waals surface area contributed by atoms with E-state index < -0.39 is 0 Å². The maximum absolute atomic E-state index is 13.4. The van der Waals surface area contributed by atoms with Crippen LogP contribution in [-0.2, 0) is 11.8 Å². The predicted molar refractivity (Wildman–Crippen MR) is 99.1 cm³/mol. The number of hydrogen-bond donors (Lipinski definition) is 1. The number of halogens is 1. The molecule has 0 fully saturated rings. The third-order valence-electron chi connectivity index (χ3n) is 4.54. The SMILES string of the molecule is CCCNC(=O)CC(c1ccc(F)cc1)c1cn(C)c2ccccc12. The molecular weight excluding hydrogens is 315 g/mol. The molecule has 0 saturated heterocycles. The van der Waals surface area contributed by atoms with Crippen molar-refractivity contribution in [1.29, 1.82) is 0 Å². The van der Waals surface area contributed by atoms with Gasteiger partial charge in [-0.25, -0.2) is 4.39 Å². The molecule has 0 bridgehead atoms. The lowest BCUT2D eigenvalue weighted by atomic mass is 9.88. The molecule has 0 aliphatic carbocycles. The topological polar surface area (TPSA) is 34.0 Å². The number of carbonyl (C=O) groups is 1. The van der Waals surface area contributed by atoms with Crippen LogP contribution in [0.15, 0.2) is 54.7 Å². The second-order valence-electron chi connectivity index (χ2n) is 6.37. The van der Waals surface area contributed by atoms with E-state index in [1.165, 1.54) is 12.1 Å². The highest BCUT2D eigenvalue weighted by atomic mass is 19.1. The number of rotatable bonds is 6. The van der Waals surface area contributed by atoms with E-state index in [2.05, 4.69) is 28.2 Å². The highest BCUT2D eigenvalue weighted by Crippen LogP contribution is 2.34. The average molecular weight is 338 g/mol. The van der Waals surface area contributed by atoms with Gasteiger partial charge in [-0.05, 0) is 35.7 Å². The van der Waals surface area contributed by atoms with Gasteiger partial charge >= 0.3 is 0 Å². The summed E-state index contributed by atoms with van der Waals surface area (Å²) in [6, 6.07) is 14.6. The molecule has 1 N–H and O–H groups in total. The van der Waals surface area contributed by atoms with Crippen molar-refractivity contribution in [3.63, 3.8) is 0 Å². The van der Waals surface area contributed by atoms with Crippen molar-refractivity contribution in [2.24, 2.45) is 7.05 Å². The zero-order valence-corrected chi connectivity index (χ0v) is 14.6. The molecule has 1 atom stereocenters. The van der Waals surface area contributed by atoms with Gasteiger partial charge in [-0.15, -0.1) is 0 Å². The Hall–Kier alpha value is -2.62. The lowest BCUT2D eigenvalue weighted by Crippen LogP contribution is -2.26. The smallest absolute Gasteiger partial charge is 0.220 e. The Morgan fingerprint density at radius 1 is 1.16 bits per heavy atom. The molecule has 1 amide bonds. The molecular formula is C21H23FN2O. The third-order valence-corrected chi connectivity index (χ3v) is 4.54. The van der Waals surface area contributed by atoms with Gasteiger partial charge in [0.15, 0.2) is 0 Å². The maximum atomic E-state index is 13.4. The Kier molecular flexibility index (Phi) is 5.17. The molecule has 0 saturated carbocycles. The number of nitrogens with zero attached hydrogens (tertiary/aromatic N) is 1. The minimum Gasteiger partial charge on any atom is -0.356 e. The van der Waals surface area contributed by atoms with Gasteiger partial charge in [0.2, 0.25) is 5.91 Å². The van der Waals surface area contributed by atoms with Crippen molar-refractivity contribution < 1.29 is 9.18 Å². The van der Waals surface area contributed by atoms with Crippen LogP contribution in [0.2, 0.25) is 0 Å². The zero-order chi connectivity index (χ0) is 17.8. The van der Waals surface area contributed by atoms with Gasteiger partial charge in [0, 0.05) is 43.0 Å². The van der Waals surface area contributed by atoms with Crippen LogP contribution >= 0.6 is 0 Å². The fourth-order valence-corrected chi connectivity index (χ4v) is 3.28. The number of hydrogen-bond acceptors (Lipinski definition) is 1. The van der Waals surface area contributed by atoms with Crippen LogP contribution in [-0.4, -0.2) is 17.0 Å². The van der Waals surface area contributed by atoms with E-state index in [9.17, 15) is 9.18 Å². The van der Waals surface area contributed by atoms with Crippen molar-refractivity contribution in [3.8, 4) is 0 Å². The summed E-state index contributed by atoms with van der Waals surface area (Å²) in [5.74, 6) is -0.358. The van der Waals surface area contributed by atoms with Crippen LogP contribution in [0, 0.1) is 5.82 Å². The minimum absolute atomic E-state index is 0.0177. The normalized spacial score (nSPS) is 12.3. The molecule has 3 rings (SSSR count). The number of benzene rings is 2. The van der Waals surface area contributed by atoms with Gasteiger partial charge in [-0.2, -0.15) is 0 Å². The first-order valence-corrected chi connectivity index (χ1v) is 8.66. The summed E-state index contributed by atoms with van der Waals surface area (Å²) in [4.78, 5) is 12.4. The van der Waals surface area contributed by atoms with Gasteiger partial charge in [0.1, 0.15) is 5.82 Å². The fourth-order valence-electron chi connectivity index (χ4n) is 3.28. The molecule has 3 aromatic rings. The predicted octanol–water partition coefficient (Wildman–Crippen LogP) is 4.37. The van der Waals surface area contributed by atoms with Gasteiger partial charge < -0.3 is 9.88 Å². The number of aromatic nitrogens is 1. The van der Waals surface area contributed by atoms with E-state index in [0.717, 1.165) is 28.5 Å².